The lowest BCUT2D eigenvalue weighted by Crippen LogP contribution is -2.27. The highest BCUT2D eigenvalue weighted by molar-refractivity contribution is 5.70. The summed E-state index contributed by atoms with van der Waals surface area (Å²) >= 11 is 0. The average molecular weight is 242 g/mol. The van der Waals surface area contributed by atoms with Crippen LogP contribution in [-0.4, -0.2) is 36.5 Å². The van der Waals surface area contributed by atoms with Gasteiger partial charge in [0.2, 0.25) is 0 Å². The predicted molar refractivity (Wildman–Crippen MR) is 62.9 cm³/mol. The van der Waals surface area contributed by atoms with Gasteiger partial charge in [0.15, 0.2) is 0 Å². The Labute approximate surface area is 102 Å². The van der Waals surface area contributed by atoms with Gasteiger partial charge in [-0.25, -0.2) is 0 Å². The first-order valence-corrected chi connectivity index (χ1v) is 6.66. The van der Waals surface area contributed by atoms with E-state index in [0.29, 0.717) is 6.42 Å². The summed E-state index contributed by atoms with van der Waals surface area (Å²) < 4.78 is 11.3. The Bertz CT molecular complexity index is 260. The maximum Gasteiger partial charge on any atom is 0.306 e. The summed E-state index contributed by atoms with van der Waals surface area (Å²) in [7, 11) is 0. The fourth-order valence-corrected chi connectivity index (χ4v) is 3.02. The molecule has 17 heavy (non-hydrogen) atoms. The summed E-state index contributed by atoms with van der Waals surface area (Å²) in [5.41, 5.74) is 0. The highest BCUT2D eigenvalue weighted by Gasteiger charge is 2.39. The number of carboxylic acids is 1. The van der Waals surface area contributed by atoms with E-state index in [0.717, 1.165) is 38.9 Å². The number of carboxylic acid groups (broad SMARTS) is 1. The lowest BCUT2D eigenvalue weighted by Gasteiger charge is -2.25. The number of hydrogen-bond acceptors (Lipinski definition) is 3. The van der Waals surface area contributed by atoms with E-state index in [1.54, 1.807) is 0 Å². The standard InChI is InChI=1S/C13H22O4/c1-2-9-7-11(8-12(9)13(14)15)17-10-3-5-16-6-4-10/h9-12H,2-8H2,1H3,(H,14,15)/t9-,11-,12+/m1/s1. The van der Waals surface area contributed by atoms with E-state index in [4.69, 9.17) is 14.6 Å². The van der Waals surface area contributed by atoms with E-state index >= 15 is 0 Å². The van der Waals surface area contributed by atoms with Crippen molar-refractivity contribution in [2.75, 3.05) is 13.2 Å². The molecule has 1 aliphatic heterocycles. The number of hydrogen-bond donors (Lipinski definition) is 1. The van der Waals surface area contributed by atoms with Crippen molar-refractivity contribution in [2.45, 2.75) is 51.2 Å². The second-order valence-electron chi connectivity index (χ2n) is 5.15. The van der Waals surface area contributed by atoms with Crippen molar-refractivity contribution < 1.29 is 19.4 Å². The van der Waals surface area contributed by atoms with E-state index in [9.17, 15) is 4.79 Å². The zero-order chi connectivity index (χ0) is 12.3. The zero-order valence-electron chi connectivity index (χ0n) is 10.4. The summed E-state index contributed by atoms with van der Waals surface area (Å²) in [4.78, 5) is 11.1. The van der Waals surface area contributed by atoms with Crippen LogP contribution >= 0.6 is 0 Å². The summed E-state index contributed by atoms with van der Waals surface area (Å²) in [5, 5.41) is 9.16. The van der Waals surface area contributed by atoms with Gasteiger partial charge < -0.3 is 14.6 Å². The SMILES string of the molecule is CC[C@@H]1C[C@@H](OC2CCOCC2)C[C@@H]1C(=O)O. The average Bonchev–Trinajstić information content (AvgIpc) is 2.73. The third-order valence-electron chi connectivity index (χ3n) is 4.05. The second-order valence-corrected chi connectivity index (χ2v) is 5.15. The number of carbonyl (C=O) groups is 1. The highest BCUT2D eigenvalue weighted by atomic mass is 16.5. The van der Waals surface area contributed by atoms with Crippen LogP contribution in [0.2, 0.25) is 0 Å². The quantitative estimate of drug-likeness (QED) is 0.820. The van der Waals surface area contributed by atoms with Crippen LogP contribution in [0.5, 0.6) is 0 Å². The van der Waals surface area contributed by atoms with Crippen molar-refractivity contribution in [1.29, 1.82) is 0 Å². The van der Waals surface area contributed by atoms with Crippen LogP contribution in [0.1, 0.15) is 39.0 Å². The Kier molecular flexibility index (Phi) is 4.40. The molecule has 0 aromatic carbocycles. The van der Waals surface area contributed by atoms with Crippen LogP contribution in [0.25, 0.3) is 0 Å². The smallest absolute Gasteiger partial charge is 0.306 e. The van der Waals surface area contributed by atoms with Gasteiger partial charge >= 0.3 is 5.97 Å². The second kappa shape index (κ2) is 5.83. The van der Waals surface area contributed by atoms with Crippen LogP contribution in [0, 0.1) is 11.8 Å². The van der Waals surface area contributed by atoms with E-state index in [2.05, 4.69) is 6.92 Å². The van der Waals surface area contributed by atoms with Crippen LogP contribution in [-0.2, 0) is 14.3 Å². The predicted octanol–water partition coefficient (Wildman–Crippen LogP) is 2.07. The first kappa shape index (κ1) is 12.8. The van der Waals surface area contributed by atoms with E-state index in [-0.39, 0.29) is 24.0 Å². The number of ether oxygens (including phenoxy) is 2. The lowest BCUT2D eigenvalue weighted by atomic mass is 9.94. The summed E-state index contributed by atoms with van der Waals surface area (Å²) in [6.45, 7) is 3.62. The molecule has 1 saturated carbocycles. The Morgan fingerprint density at radius 3 is 2.53 bits per heavy atom. The fourth-order valence-electron chi connectivity index (χ4n) is 3.02. The van der Waals surface area contributed by atoms with Crippen molar-refractivity contribution in [3.8, 4) is 0 Å². The van der Waals surface area contributed by atoms with E-state index in [1.165, 1.54) is 0 Å². The molecule has 3 atom stereocenters. The monoisotopic (exact) mass is 242 g/mol. The van der Waals surface area contributed by atoms with E-state index < -0.39 is 5.97 Å². The van der Waals surface area contributed by atoms with Gasteiger partial charge in [-0.15, -0.1) is 0 Å². The van der Waals surface area contributed by atoms with Crippen molar-refractivity contribution in [1.82, 2.24) is 0 Å². The molecule has 1 N–H and O–H groups in total. The molecule has 0 radical (unpaired) electrons. The minimum absolute atomic E-state index is 0.143. The van der Waals surface area contributed by atoms with Gasteiger partial charge in [0.25, 0.3) is 0 Å². The third-order valence-corrected chi connectivity index (χ3v) is 4.05. The molecule has 2 rings (SSSR count). The van der Waals surface area contributed by atoms with Crippen LogP contribution < -0.4 is 0 Å². The lowest BCUT2D eigenvalue weighted by molar-refractivity contribution is -0.143. The molecule has 0 amide bonds. The van der Waals surface area contributed by atoms with Crippen molar-refractivity contribution in [2.24, 2.45) is 11.8 Å². The molecule has 0 unspecified atom stereocenters. The summed E-state index contributed by atoms with van der Waals surface area (Å²) in [6.07, 6.45) is 4.85. The minimum atomic E-state index is -0.657. The van der Waals surface area contributed by atoms with Crippen molar-refractivity contribution in [3.05, 3.63) is 0 Å². The van der Waals surface area contributed by atoms with Gasteiger partial charge in [-0.05, 0) is 31.6 Å². The van der Waals surface area contributed by atoms with Crippen molar-refractivity contribution in [3.63, 3.8) is 0 Å². The Balaban J connectivity index is 1.84. The Hall–Kier alpha value is -0.610. The third kappa shape index (κ3) is 3.19. The minimum Gasteiger partial charge on any atom is -0.481 e. The normalized spacial score (nSPS) is 35.0. The topological polar surface area (TPSA) is 55.8 Å². The van der Waals surface area contributed by atoms with Gasteiger partial charge in [0, 0.05) is 13.2 Å². The van der Waals surface area contributed by atoms with Gasteiger partial charge in [0.05, 0.1) is 18.1 Å². The van der Waals surface area contributed by atoms with Gasteiger partial charge in [-0.1, -0.05) is 13.3 Å². The zero-order valence-corrected chi connectivity index (χ0v) is 10.4. The fraction of sp³-hybridized carbons (Fsp3) is 0.923. The Morgan fingerprint density at radius 1 is 1.29 bits per heavy atom. The van der Waals surface area contributed by atoms with E-state index in [1.807, 2.05) is 0 Å². The maximum absolute atomic E-state index is 11.1. The van der Waals surface area contributed by atoms with Crippen molar-refractivity contribution >= 4 is 5.97 Å². The number of aliphatic carboxylic acids is 1. The molecule has 2 aliphatic rings. The molecular formula is C13H22O4. The highest BCUT2D eigenvalue weighted by Crippen LogP contribution is 2.37. The maximum atomic E-state index is 11.1. The molecule has 4 nitrogen and oxygen atoms in total. The first-order valence-electron chi connectivity index (χ1n) is 6.66. The number of rotatable bonds is 4. The summed E-state index contributed by atoms with van der Waals surface area (Å²) in [5.74, 6) is -0.572. The molecule has 98 valence electrons. The van der Waals surface area contributed by atoms with Crippen LogP contribution in [0.15, 0.2) is 0 Å². The van der Waals surface area contributed by atoms with Crippen LogP contribution in [0.4, 0.5) is 0 Å². The van der Waals surface area contributed by atoms with Gasteiger partial charge in [0.1, 0.15) is 0 Å². The molecule has 0 aromatic heterocycles. The molecule has 0 spiro atoms. The van der Waals surface area contributed by atoms with Crippen LogP contribution in [0.3, 0.4) is 0 Å². The first-order chi connectivity index (χ1) is 8.20. The molecule has 1 aliphatic carbocycles. The molecule has 1 saturated heterocycles. The molecular weight excluding hydrogens is 220 g/mol. The molecule has 0 bridgehead atoms. The molecule has 2 fully saturated rings. The molecule has 0 aromatic rings. The summed E-state index contributed by atoms with van der Waals surface area (Å²) in [6, 6.07) is 0. The Morgan fingerprint density at radius 2 is 2.00 bits per heavy atom. The van der Waals surface area contributed by atoms with Gasteiger partial charge in [-0.3, -0.25) is 4.79 Å². The molecule has 4 heteroatoms. The molecule has 1 heterocycles. The largest absolute Gasteiger partial charge is 0.481 e. The van der Waals surface area contributed by atoms with Gasteiger partial charge in [-0.2, -0.15) is 0 Å².